The zero-order valence-electron chi connectivity index (χ0n) is 11.2. The van der Waals surface area contributed by atoms with Crippen molar-refractivity contribution >= 4 is 23.1 Å². The molecular weight excluding hydrogens is 264 g/mol. The molecule has 1 aliphatic heterocycles. The summed E-state index contributed by atoms with van der Waals surface area (Å²) in [6.45, 7) is 2.50. The third-order valence-electron chi connectivity index (χ3n) is 4.09. The topological polar surface area (TPSA) is 50.3 Å². The van der Waals surface area contributed by atoms with Gasteiger partial charge in [-0.2, -0.15) is 0 Å². The van der Waals surface area contributed by atoms with Crippen molar-refractivity contribution in [3.05, 3.63) is 11.5 Å². The summed E-state index contributed by atoms with van der Waals surface area (Å²) in [5, 5.41) is 3.57. The largest absolute Gasteiger partial charge is 0.383 e. The smallest absolute Gasteiger partial charge is 0.157 e. The molecule has 0 radical (unpaired) electrons. The quantitative estimate of drug-likeness (QED) is 0.844. The summed E-state index contributed by atoms with van der Waals surface area (Å²) >= 11 is 6.13. The number of nitrogens with zero attached hydrogens (tertiary/aromatic N) is 3. The Hall–Kier alpha value is -1.07. The molecule has 0 amide bonds. The molecule has 1 N–H and O–H groups in total. The van der Waals surface area contributed by atoms with Crippen LogP contribution in [0.3, 0.4) is 0 Å². The predicted octanol–water partition coefficient (Wildman–Crippen LogP) is 2.32. The summed E-state index contributed by atoms with van der Waals surface area (Å²) in [5.74, 6) is 0.886. The predicted molar refractivity (Wildman–Crippen MR) is 76.0 cm³/mol. The van der Waals surface area contributed by atoms with Crippen LogP contribution in [0.4, 0.5) is 11.5 Å². The summed E-state index contributed by atoms with van der Waals surface area (Å²) < 4.78 is 6.04. The number of anilines is 2. The lowest BCUT2D eigenvalue weighted by Crippen LogP contribution is -2.50. The minimum Gasteiger partial charge on any atom is -0.383 e. The molecule has 19 heavy (non-hydrogen) atoms. The van der Waals surface area contributed by atoms with Gasteiger partial charge in [-0.25, -0.2) is 9.97 Å². The molecule has 1 spiro atoms. The van der Waals surface area contributed by atoms with Gasteiger partial charge in [-0.3, -0.25) is 0 Å². The molecule has 1 aromatic rings. The van der Waals surface area contributed by atoms with Crippen LogP contribution in [0, 0.1) is 0 Å². The van der Waals surface area contributed by atoms with Gasteiger partial charge >= 0.3 is 0 Å². The summed E-state index contributed by atoms with van der Waals surface area (Å²) in [4.78, 5) is 10.7. The Labute approximate surface area is 118 Å². The molecule has 2 aliphatic rings. The second kappa shape index (κ2) is 5.13. The van der Waals surface area contributed by atoms with Crippen molar-refractivity contribution in [3.8, 4) is 0 Å². The van der Waals surface area contributed by atoms with E-state index < -0.39 is 0 Å². The lowest BCUT2D eigenvalue weighted by molar-refractivity contribution is -0.0503. The number of nitrogens with one attached hydrogen (secondary N) is 1. The first-order valence-electron chi connectivity index (χ1n) is 6.81. The first-order chi connectivity index (χ1) is 9.24. The van der Waals surface area contributed by atoms with Crippen LogP contribution in [0.15, 0.2) is 6.33 Å². The Kier molecular flexibility index (Phi) is 3.50. The van der Waals surface area contributed by atoms with Gasteiger partial charge in [0, 0.05) is 20.1 Å². The van der Waals surface area contributed by atoms with Crippen molar-refractivity contribution in [1.29, 1.82) is 0 Å². The zero-order valence-corrected chi connectivity index (χ0v) is 11.9. The fraction of sp³-hybridized carbons (Fsp3) is 0.692. The van der Waals surface area contributed by atoms with Crippen LogP contribution in [0.25, 0.3) is 0 Å². The SMILES string of the molecule is CNc1c(Cl)ncnc1N1CCOC2(CCCC2)C1. The summed E-state index contributed by atoms with van der Waals surface area (Å²) in [7, 11) is 1.85. The molecule has 3 rings (SSSR count). The van der Waals surface area contributed by atoms with Crippen molar-refractivity contribution in [2.75, 3.05) is 37.0 Å². The molecule has 1 aliphatic carbocycles. The second-order valence-corrected chi connectivity index (χ2v) is 5.63. The minimum atomic E-state index is 0.0285. The van der Waals surface area contributed by atoms with E-state index in [-0.39, 0.29) is 5.60 Å². The number of morpholine rings is 1. The van der Waals surface area contributed by atoms with Crippen LogP contribution in [0.1, 0.15) is 25.7 Å². The maximum absolute atomic E-state index is 6.13. The maximum Gasteiger partial charge on any atom is 0.157 e. The van der Waals surface area contributed by atoms with Crippen molar-refractivity contribution in [3.63, 3.8) is 0 Å². The van der Waals surface area contributed by atoms with Gasteiger partial charge in [0.15, 0.2) is 11.0 Å². The summed E-state index contributed by atoms with van der Waals surface area (Å²) in [5.41, 5.74) is 0.833. The Balaban J connectivity index is 1.87. The highest BCUT2D eigenvalue weighted by atomic mass is 35.5. The highest BCUT2D eigenvalue weighted by molar-refractivity contribution is 6.32. The fourth-order valence-electron chi connectivity index (χ4n) is 3.16. The molecule has 1 saturated heterocycles. The molecule has 1 aromatic heterocycles. The van der Waals surface area contributed by atoms with Crippen LogP contribution in [0.2, 0.25) is 5.15 Å². The standard InChI is InChI=1S/C13H19ClN4O/c1-15-10-11(14)16-9-17-12(10)18-6-7-19-13(8-18)4-2-3-5-13/h9,15H,2-8H2,1H3. The van der Waals surface area contributed by atoms with Gasteiger partial charge in [0.1, 0.15) is 12.0 Å². The molecular formula is C13H19ClN4O. The van der Waals surface area contributed by atoms with Crippen molar-refractivity contribution < 1.29 is 4.74 Å². The lowest BCUT2D eigenvalue weighted by atomic mass is 10.00. The van der Waals surface area contributed by atoms with Gasteiger partial charge < -0.3 is 15.0 Å². The zero-order chi connectivity index (χ0) is 13.3. The molecule has 104 valence electrons. The van der Waals surface area contributed by atoms with Crippen LogP contribution < -0.4 is 10.2 Å². The molecule has 5 nitrogen and oxygen atoms in total. The van der Waals surface area contributed by atoms with E-state index in [4.69, 9.17) is 16.3 Å². The molecule has 0 bridgehead atoms. The number of hydrogen-bond donors (Lipinski definition) is 1. The molecule has 2 heterocycles. The number of rotatable bonds is 2. The Bertz CT molecular complexity index is 462. The molecule has 0 atom stereocenters. The first-order valence-corrected chi connectivity index (χ1v) is 7.19. The van der Waals surface area contributed by atoms with Gasteiger partial charge in [0.25, 0.3) is 0 Å². The summed E-state index contributed by atoms with van der Waals surface area (Å²) in [6, 6.07) is 0. The fourth-order valence-corrected chi connectivity index (χ4v) is 3.38. The van der Waals surface area contributed by atoms with E-state index in [1.807, 2.05) is 7.05 Å². The Morgan fingerprint density at radius 2 is 2.16 bits per heavy atom. The van der Waals surface area contributed by atoms with Gasteiger partial charge in [0.2, 0.25) is 0 Å². The number of aromatic nitrogens is 2. The minimum absolute atomic E-state index is 0.0285. The molecule has 0 unspecified atom stereocenters. The second-order valence-electron chi connectivity index (χ2n) is 5.27. The number of halogens is 1. The lowest BCUT2D eigenvalue weighted by Gasteiger charge is -2.41. The average Bonchev–Trinajstić information content (AvgIpc) is 2.86. The Morgan fingerprint density at radius 1 is 1.37 bits per heavy atom. The van der Waals surface area contributed by atoms with Crippen LogP contribution in [-0.4, -0.2) is 42.3 Å². The van der Waals surface area contributed by atoms with E-state index in [0.29, 0.717) is 5.15 Å². The summed E-state index contributed by atoms with van der Waals surface area (Å²) in [6.07, 6.45) is 6.35. The van der Waals surface area contributed by atoms with E-state index in [2.05, 4.69) is 20.2 Å². The third kappa shape index (κ3) is 2.37. The van der Waals surface area contributed by atoms with Crippen LogP contribution in [-0.2, 0) is 4.74 Å². The third-order valence-corrected chi connectivity index (χ3v) is 4.38. The van der Waals surface area contributed by atoms with Gasteiger partial charge in [-0.05, 0) is 12.8 Å². The van der Waals surface area contributed by atoms with E-state index in [1.165, 1.54) is 19.2 Å². The molecule has 1 saturated carbocycles. The van der Waals surface area contributed by atoms with E-state index in [0.717, 1.165) is 44.0 Å². The van der Waals surface area contributed by atoms with E-state index in [9.17, 15) is 0 Å². The van der Waals surface area contributed by atoms with E-state index in [1.54, 1.807) is 0 Å². The van der Waals surface area contributed by atoms with Crippen LogP contribution in [0.5, 0.6) is 0 Å². The highest BCUT2D eigenvalue weighted by Gasteiger charge is 2.40. The van der Waals surface area contributed by atoms with Crippen molar-refractivity contribution in [1.82, 2.24) is 9.97 Å². The normalized spacial score (nSPS) is 21.9. The molecule has 2 fully saturated rings. The van der Waals surface area contributed by atoms with Crippen molar-refractivity contribution in [2.24, 2.45) is 0 Å². The maximum atomic E-state index is 6.13. The highest BCUT2D eigenvalue weighted by Crippen LogP contribution is 2.38. The van der Waals surface area contributed by atoms with Gasteiger partial charge in [0.05, 0.1) is 12.2 Å². The van der Waals surface area contributed by atoms with E-state index >= 15 is 0 Å². The monoisotopic (exact) mass is 282 g/mol. The number of ether oxygens (including phenoxy) is 1. The average molecular weight is 283 g/mol. The number of hydrogen-bond acceptors (Lipinski definition) is 5. The van der Waals surface area contributed by atoms with Gasteiger partial charge in [-0.1, -0.05) is 24.4 Å². The first kappa shape index (κ1) is 12.9. The van der Waals surface area contributed by atoms with Crippen LogP contribution >= 0.6 is 11.6 Å². The molecule has 0 aromatic carbocycles. The molecule has 6 heteroatoms. The van der Waals surface area contributed by atoms with Crippen molar-refractivity contribution in [2.45, 2.75) is 31.3 Å². The Morgan fingerprint density at radius 3 is 2.89 bits per heavy atom. The van der Waals surface area contributed by atoms with Gasteiger partial charge in [-0.15, -0.1) is 0 Å².